The summed E-state index contributed by atoms with van der Waals surface area (Å²) in [7, 11) is 0. The van der Waals surface area contributed by atoms with E-state index in [0.29, 0.717) is 17.0 Å². The van der Waals surface area contributed by atoms with Gasteiger partial charge in [0.2, 0.25) is 0 Å². The monoisotopic (exact) mass is 371 g/mol. The van der Waals surface area contributed by atoms with Crippen LogP contribution in [-0.4, -0.2) is 10.8 Å². The number of nitrogens with one attached hydrogen (secondary N) is 1. The Balaban J connectivity index is 1.65. The molecule has 0 aliphatic carbocycles. The number of halogens is 1. The minimum Gasteiger partial charge on any atom is -0.332 e. The predicted molar refractivity (Wildman–Crippen MR) is 104 cm³/mol. The molecule has 3 aromatic rings. The summed E-state index contributed by atoms with van der Waals surface area (Å²) in [6, 6.07) is 14.8. The van der Waals surface area contributed by atoms with E-state index >= 15 is 0 Å². The summed E-state index contributed by atoms with van der Waals surface area (Å²) < 4.78 is 0. The number of thiazole rings is 1. The van der Waals surface area contributed by atoms with Gasteiger partial charge in [-0.05, 0) is 55.3 Å². The molecule has 25 heavy (non-hydrogen) atoms. The molecule has 4 nitrogen and oxygen atoms in total. The number of hydrogen-bond donors (Lipinski definition) is 2. The van der Waals surface area contributed by atoms with Crippen molar-refractivity contribution >= 4 is 39.5 Å². The molecule has 0 saturated carbocycles. The third-order valence-electron chi connectivity index (χ3n) is 3.81. The van der Waals surface area contributed by atoms with Gasteiger partial charge in [-0.2, -0.15) is 0 Å². The number of carbonyl (C=O) groups is 1. The van der Waals surface area contributed by atoms with Gasteiger partial charge in [0.1, 0.15) is 0 Å². The molecule has 128 valence electrons. The lowest BCUT2D eigenvalue weighted by Gasteiger charge is -2.09. The number of nitrogens with zero attached hydrogens (tertiary/aromatic N) is 1. The zero-order chi connectivity index (χ0) is 17.8. The van der Waals surface area contributed by atoms with Crippen LogP contribution in [0.4, 0.5) is 10.8 Å². The smallest absolute Gasteiger partial charge is 0.187 e. The van der Waals surface area contributed by atoms with E-state index in [4.69, 9.17) is 17.3 Å². The fourth-order valence-electron chi connectivity index (χ4n) is 2.40. The third-order valence-corrected chi connectivity index (χ3v) is 4.84. The van der Waals surface area contributed by atoms with Crippen molar-refractivity contribution in [3.63, 3.8) is 0 Å². The van der Waals surface area contributed by atoms with Crippen molar-refractivity contribution in [1.29, 1.82) is 0 Å². The van der Waals surface area contributed by atoms with Gasteiger partial charge >= 0.3 is 0 Å². The van der Waals surface area contributed by atoms with E-state index in [0.717, 1.165) is 22.1 Å². The van der Waals surface area contributed by atoms with Crippen LogP contribution in [0.15, 0.2) is 53.9 Å². The molecule has 0 radical (unpaired) electrons. The van der Waals surface area contributed by atoms with Gasteiger partial charge in [0.05, 0.1) is 11.7 Å². The number of anilines is 2. The van der Waals surface area contributed by atoms with Gasteiger partial charge in [-0.25, -0.2) is 4.98 Å². The maximum atomic E-state index is 11.3. The highest BCUT2D eigenvalue weighted by atomic mass is 35.5. The quantitative estimate of drug-likeness (QED) is 0.599. The summed E-state index contributed by atoms with van der Waals surface area (Å²) in [6.07, 6.45) is 0.702. The highest BCUT2D eigenvalue weighted by Gasteiger charge is 2.12. The standard InChI is InChI=1S/C19H18ClN3OS/c1-12(24)14-4-8-16(9-5-14)22-19-23-18(11-25-19)17(21)10-13-2-6-15(20)7-3-13/h2-9,11,17H,10,21H2,1H3,(H,22,23). The maximum absolute atomic E-state index is 11.3. The van der Waals surface area contributed by atoms with Crippen molar-refractivity contribution in [2.45, 2.75) is 19.4 Å². The number of benzene rings is 2. The van der Waals surface area contributed by atoms with E-state index in [2.05, 4.69) is 10.3 Å². The van der Waals surface area contributed by atoms with Crippen LogP contribution in [0.25, 0.3) is 0 Å². The SMILES string of the molecule is CC(=O)c1ccc(Nc2nc(C(N)Cc3ccc(Cl)cc3)cs2)cc1. The molecule has 0 amide bonds. The second-order valence-corrected chi connectivity index (χ2v) is 7.07. The van der Waals surface area contributed by atoms with Crippen LogP contribution in [-0.2, 0) is 6.42 Å². The molecule has 0 saturated heterocycles. The van der Waals surface area contributed by atoms with Gasteiger partial charge in [0, 0.05) is 21.7 Å². The molecule has 0 aliphatic heterocycles. The second-order valence-electron chi connectivity index (χ2n) is 5.77. The molecule has 0 bridgehead atoms. The first-order chi connectivity index (χ1) is 12.0. The van der Waals surface area contributed by atoms with E-state index in [-0.39, 0.29) is 11.8 Å². The van der Waals surface area contributed by atoms with E-state index in [9.17, 15) is 4.79 Å². The molecule has 1 aromatic heterocycles. The molecule has 1 heterocycles. The van der Waals surface area contributed by atoms with Crippen LogP contribution in [0, 0.1) is 0 Å². The topological polar surface area (TPSA) is 68.0 Å². The number of carbonyl (C=O) groups excluding carboxylic acids is 1. The Morgan fingerprint density at radius 3 is 2.52 bits per heavy atom. The Bertz CT molecular complexity index is 859. The lowest BCUT2D eigenvalue weighted by Crippen LogP contribution is -2.13. The zero-order valence-electron chi connectivity index (χ0n) is 13.7. The maximum Gasteiger partial charge on any atom is 0.187 e. The van der Waals surface area contributed by atoms with Crippen LogP contribution >= 0.6 is 22.9 Å². The summed E-state index contributed by atoms with van der Waals surface area (Å²) in [5, 5.41) is 6.70. The van der Waals surface area contributed by atoms with Crippen molar-refractivity contribution in [1.82, 2.24) is 4.98 Å². The highest BCUT2D eigenvalue weighted by Crippen LogP contribution is 2.25. The Morgan fingerprint density at radius 1 is 1.20 bits per heavy atom. The van der Waals surface area contributed by atoms with E-state index in [1.165, 1.54) is 11.3 Å². The summed E-state index contributed by atoms with van der Waals surface area (Å²) in [5.41, 5.74) is 9.82. The first kappa shape index (κ1) is 17.6. The average Bonchev–Trinajstić information content (AvgIpc) is 3.06. The third kappa shape index (κ3) is 4.66. The first-order valence-electron chi connectivity index (χ1n) is 7.85. The highest BCUT2D eigenvalue weighted by molar-refractivity contribution is 7.13. The Morgan fingerprint density at radius 2 is 1.88 bits per heavy atom. The zero-order valence-corrected chi connectivity index (χ0v) is 15.3. The molecule has 3 N–H and O–H groups in total. The summed E-state index contributed by atoms with van der Waals surface area (Å²) in [5.74, 6) is 0.0521. The first-order valence-corrected chi connectivity index (χ1v) is 9.10. The van der Waals surface area contributed by atoms with Gasteiger partial charge in [-0.15, -0.1) is 11.3 Å². The molecule has 3 rings (SSSR count). The van der Waals surface area contributed by atoms with Crippen LogP contribution in [0.3, 0.4) is 0 Å². The number of rotatable bonds is 6. The number of hydrogen-bond acceptors (Lipinski definition) is 5. The van der Waals surface area contributed by atoms with Crippen LogP contribution < -0.4 is 11.1 Å². The largest absolute Gasteiger partial charge is 0.332 e. The fourth-order valence-corrected chi connectivity index (χ4v) is 3.33. The molecule has 0 aliphatic rings. The summed E-state index contributed by atoms with van der Waals surface area (Å²) in [4.78, 5) is 15.9. The number of Topliss-reactive ketones (excluding diaryl/α,β-unsaturated/α-hetero) is 1. The molecular weight excluding hydrogens is 354 g/mol. The molecular formula is C19H18ClN3OS. The predicted octanol–water partition coefficient (Wildman–Crippen LogP) is 4.99. The van der Waals surface area contributed by atoms with Crippen molar-refractivity contribution in [2.24, 2.45) is 5.73 Å². The van der Waals surface area contributed by atoms with Crippen LogP contribution in [0.1, 0.15) is 34.6 Å². The minimum absolute atomic E-state index is 0.0521. The molecule has 1 unspecified atom stereocenters. The van der Waals surface area contributed by atoms with Crippen molar-refractivity contribution in [3.05, 3.63) is 75.8 Å². The lowest BCUT2D eigenvalue weighted by atomic mass is 10.1. The van der Waals surface area contributed by atoms with Gasteiger partial charge in [-0.3, -0.25) is 4.79 Å². The number of aromatic nitrogens is 1. The Kier molecular flexibility index (Phi) is 5.48. The van der Waals surface area contributed by atoms with Crippen LogP contribution in [0.5, 0.6) is 0 Å². The van der Waals surface area contributed by atoms with Gasteiger partial charge in [-0.1, -0.05) is 23.7 Å². The summed E-state index contributed by atoms with van der Waals surface area (Å²) >= 11 is 7.41. The van der Waals surface area contributed by atoms with Gasteiger partial charge < -0.3 is 11.1 Å². The average molecular weight is 372 g/mol. The summed E-state index contributed by atoms with van der Waals surface area (Å²) in [6.45, 7) is 1.55. The molecule has 6 heteroatoms. The van der Waals surface area contributed by atoms with Crippen molar-refractivity contribution in [2.75, 3.05) is 5.32 Å². The Hall–Kier alpha value is -2.21. The number of nitrogens with two attached hydrogens (primary N) is 1. The minimum atomic E-state index is -0.173. The lowest BCUT2D eigenvalue weighted by molar-refractivity contribution is 0.101. The van der Waals surface area contributed by atoms with E-state index in [1.54, 1.807) is 19.1 Å². The number of ketones is 1. The molecule has 0 fully saturated rings. The normalized spacial score (nSPS) is 12.0. The van der Waals surface area contributed by atoms with E-state index < -0.39 is 0 Å². The van der Waals surface area contributed by atoms with E-state index in [1.807, 2.05) is 41.8 Å². The van der Waals surface area contributed by atoms with Gasteiger partial charge in [0.25, 0.3) is 0 Å². The Labute approximate surface area is 155 Å². The van der Waals surface area contributed by atoms with Gasteiger partial charge in [0.15, 0.2) is 10.9 Å². The second kappa shape index (κ2) is 7.78. The molecule has 1 atom stereocenters. The van der Waals surface area contributed by atoms with Crippen LogP contribution in [0.2, 0.25) is 5.02 Å². The molecule has 2 aromatic carbocycles. The van der Waals surface area contributed by atoms with Crippen molar-refractivity contribution in [3.8, 4) is 0 Å². The molecule has 0 spiro atoms. The fraction of sp³-hybridized carbons (Fsp3) is 0.158. The van der Waals surface area contributed by atoms with Crippen molar-refractivity contribution < 1.29 is 4.79 Å².